The van der Waals surface area contributed by atoms with Crippen molar-refractivity contribution in [3.63, 3.8) is 0 Å². The smallest absolute Gasteiger partial charge is 0.327 e. The molecule has 21 heavy (non-hydrogen) atoms. The van der Waals surface area contributed by atoms with Crippen LogP contribution in [0.3, 0.4) is 0 Å². The quantitative estimate of drug-likeness (QED) is 0.784. The molecule has 1 saturated heterocycles. The number of hydrogen-bond acceptors (Lipinski definition) is 6. The van der Waals surface area contributed by atoms with E-state index in [4.69, 9.17) is 5.73 Å². The molecule has 1 fully saturated rings. The lowest BCUT2D eigenvalue weighted by atomic mass is 9.94. The summed E-state index contributed by atoms with van der Waals surface area (Å²) in [6, 6.07) is 0.188. The Kier molecular flexibility index (Phi) is 5.00. The SMILES string of the molecule is COC(=O)Cn1ncc(N2CCC(N)C(C)C2)c(Br)c1=O. The molecule has 0 amide bonds. The number of halogens is 1. The molecule has 1 aromatic heterocycles. The van der Waals surface area contributed by atoms with Gasteiger partial charge in [0.2, 0.25) is 0 Å². The summed E-state index contributed by atoms with van der Waals surface area (Å²) >= 11 is 3.32. The Hall–Kier alpha value is -1.41. The van der Waals surface area contributed by atoms with E-state index in [0.717, 1.165) is 29.9 Å². The van der Waals surface area contributed by atoms with Crippen molar-refractivity contribution in [2.75, 3.05) is 25.1 Å². The molecule has 0 aromatic carbocycles. The summed E-state index contributed by atoms with van der Waals surface area (Å²) < 4.78 is 6.03. The molecule has 1 aromatic rings. The van der Waals surface area contributed by atoms with E-state index in [1.165, 1.54) is 7.11 Å². The van der Waals surface area contributed by atoms with Crippen LogP contribution in [0.1, 0.15) is 13.3 Å². The van der Waals surface area contributed by atoms with Gasteiger partial charge in [-0.1, -0.05) is 6.92 Å². The van der Waals surface area contributed by atoms with Gasteiger partial charge in [-0.3, -0.25) is 9.59 Å². The monoisotopic (exact) mass is 358 g/mol. The number of anilines is 1. The van der Waals surface area contributed by atoms with E-state index in [9.17, 15) is 9.59 Å². The minimum Gasteiger partial charge on any atom is -0.468 e. The first-order chi connectivity index (χ1) is 9.93. The van der Waals surface area contributed by atoms with Crippen molar-refractivity contribution in [2.24, 2.45) is 11.7 Å². The third-order valence-electron chi connectivity index (χ3n) is 3.79. The fourth-order valence-corrected chi connectivity index (χ4v) is 2.92. The lowest BCUT2D eigenvalue weighted by Crippen LogP contribution is -2.46. The number of methoxy groups -OCH3 is 1. The predicted molar refractivity (Wildman–Crippen MR) is 82.2 cm³/mol. The Labute approximate surface area is 131 Å². The highest BCUT2D eigenvalue weighted by atomic mass is 79.9. The first-order valence-electron chi connectivity index (χ1n) is 6.77. The number of rotatable bonds is 3. The highest BCUT2D eigenvalue weighted by Crippen LogP contribution is 2.26. The molecule has 0 bridgehead atoms. The molecule has 1 aliphatic heterocycles. The second kappa shape index (κ2) is 6.57. The predicted octanol–water partition coefficient (Wildman–Crippen LogP) is 0.352. The molecular weight excluding hydrogens is 340 g/mol. The second-order valence-electron chi connectivity index (χ2n) is 5.26. The third kappa shape index (κ3) is 3.44. The van der Waals surface area contributed by atoms with Crippen molar-refractivity contribution in [3.05, 3.63) is 21.0 Å². The molecule has 2 rings (SSSR count). The Morgan fingerprint density at radius 2 is 2.33 bits per heavy atom. The number of nitrogens with two attached hydrogens (primary N) is 1. The zero-order valence-corrected chi connectivity index (χ0v) is 13.7. The van der Waals surface area contributed by atoms with Gasteiger partial charge in [-0.2, -0.15) is 5.10 Å². The summed E-state index contributed by atoms with van der Waals surface area (Å²) in [7, 11) is 1.27. The molecule has 8 heteroatoms. The summed E-state index contributed by atoms with van der Waals surface area (Å²) in [4.78, 5) is 25.6. The lowest BCUT2D eigenvalue weighted by Gasteiger charge is -2.36. The zero-order chi connectivity index (χ0) is 15.6. The number of aromatic nitrogens is 2. The van der Waals surface area contributed by atoms with Gasteiger partial charge in [0, 0.05) is 19.1 Å². The average Bonchev–Trinajstić information content (AvgIpc) is 2.47. The van der Waals surface area contributed by atoms with Crippen LogP contribution in [0.25, 0.3) is 0 Å². The van der Waals surface area contributed by atoms with Crippen LogP contribution in [0.2, 0.25) is 0 Å². The Bertz CT molecular complexity index is 589. The van der Waals surface area contributed by atoms with Crippen LogP contribution in [0.5, 0.6) is 0 Å². The first-order valence-corrected chi connectivity index (χ1v) is 7.56. The van der Waals surface area contributed by atoms with Crippen molar-refractivity contribution in [3.8, 4) is 0 Å². The maximum Gasteiger partial charge on any atom is 0.327 e. The molecule has 0 aliphatic carbocycles. The molecule has 116 valence electrons. The van der Waals surface area contributed by atoms with E-state index in [-0.39, 0.29) is 18.1 Å². The van der Waals surface area contributed by atoms with Crippen molar-refractivity contribution >= 4 is 27.6 Å². The van der Waals surface area contributed by atoms with Crippen molar-refractivity contribution < 1.29 is 9.53 Å². The summed E-state index contributed by atoms with van der Waals surface area (Å²) in [5, 5.41) is 4.05. The number of ether oxygens (including phenoxy) is 1. The van der Waals surface area contributed by atoms with Gasteiger partial charge in [0.15, 0.2) is 0 Å². The normalized spacial score (nSPS) is 22.2. The van der Waals surface area contributed by atoms with Gasteiger partial charge in [0.1, 0.15) is 11.0 Å². The topological polar surface area (TPSA) is 90.5 Å². The van der Waals surface area contributed by atoms with Crippen LogP contribution in [-0.2, 0) is 16.1 Å². The van der Waals surface area contributed by atoms with Crippen LogP contribution in [0.4, 0.5) is 5.69 Å². The second-order valence-corrected chi connectivity index (χ2v) is 6.05. The van der Waals surface area contributed by atoms with Crippen molar-refractivity contribution in [1.29, 1.82) is 0 Å². The summed E-state index contributed by atoms with van der Waals surface area (Å²) in [6.07, 6.45) is 2.47. The number of nitrogens with zero attached hydrogens (tertiary/aromatic N) is 3. The first kappa shape index (κ1) is 16.0. The molecule has 0 saturated carbocycles. The zero-order valence-electron chi connectivity index (χ0n) is 12.1. The van der Waals surface area contributed by atoms with Gasteiger partial charge in [0.05, 0.1) is 19.0 Å². The molecule has 1 aliphatic rings. The van der Waals surface area contributed by atoms with E-state index in [2.05, 4.69) is 37.6 Å². The largest absolute Gasteiger partial charge is 0.468 e. The summed E-state index contributed by atoms with van der Waals surface area (Å²) in [5.74, 6) is -0.162. The fraction of sp³-hybridized carbons (Fsp3) is 0.615. The van der Waals surface area contributed by atoms with Gasteiger partial charge in [-0.25, -0.2) is 4.68 Å². The van der Waals surface area contributed by atoms with E-state index in [1.807, 2.05) is 0 Å². The van der Waals surface area contributed by atoms with Gasteiger partial charge in [-0.05, 0) is 28.3 Å². The molecule has 0 spiro atoms. The lowest BCUT2D eigenvalue weighted by molar-refractivity contribution is -0.141. The molecule has 7 nitrogen and oxygen atoms in total. The number of esters is 1. The van der Waals surface area contributed by atoms with E-state index < -0.39 is 5.97 Å². The number of hydrogen-bond donors (Lipinski definition) is 1. The average molecular weight is 359 g/mol. The highest BCUT2D eigenvalue weighted by Gasteiger charge is 2.25. The minimum atomic E-state index is -0.512. The molecule has 2 heterocycles. The molecule has 2 N–H and O–H groups in total. The van der Waals surface area contributed by atoms with Crippen LogP contribution >= 0.6 is 15.9 Å². The Morgan fingerprint density at radius 1 is 1.62 bits per heavy atom. The fourth-order valence-electron chi connectivity index (χ4n) is 2.36. The van der Waals surface area contributed by atoms with Crippen LogP contribution in [-0.4, -0.2) is 42.0 Å². The van der Waals surface area contributed by atoms with Gasteiger partial charge < -0.3 is 15.4 Å². The van der Waals surface area contributed by atoms with Gasteiger partial charge in [0.25, 0.3) is 5.56 Å². The van der Waals surface area contributed by atoms with Crippen LogP contribution in [0, 0.1) is 5.92 Å². The Balaban J connectivity index is 2.25. The molecule has 2 atom stereocenters. The summed E-state index contributed by atoms with van der Waals surface area (Å²) in [5.41, 5.74) is 6.40. The number of carbonyl (C=O) groups is 1. The molecular formula is C13H19BrN4O3. The molecule has 0 radical (unpaired) electrons. The van der Waals surface area contributed by atoms with Crippen LogP contribution < -0.4 is 16.2 Å². The van der Waals surface area contributed by atoms with Crippen molar-refractivity contribution in [1.82, 2.24) is 9.78 Å². The van der Waals surface area contributed by atoms with Gasteiger partial charge >= 0.3 is 5.97 Å². The third-order valence-corrected chi connectivity index (χ3v) is 4.53. The van der Waals surface area contributed by atoms with E-state index >= 15 is 0 Å². The number of piperidine rings is 1. The van der Waals surface area contributed by atoms with Gasteiger partial charge in [-0.15, -0.1) is 0 Å². The maximum absolute atomic E-state index is 12.2. The number of carbonyl (C=O) groups excluding carboxylic acids is 1. The minimum absolute atomic E-state index is 0.188. The van der Waals surface area contributed by atoms with E-state index in [0.29, 0.717) is 10.4 Å². The van der Waals surface area contributed by atoms with Crippen molar-refractivity contribution in [2.45, 2.75) is 25.9 Å². The maximum atomic E-state index is 12.2. The summed E-state index contributed by atoms with van der Waals surface area (Å²) in [6.45, 7) is 3.46. The highest BCUT2D eigenvalue weighted by molar-refractivity contribution is 9.10. The Morgan fingerprint density at radius 3 is 2.95 bits per heavy atom. The molecule has 2 unspecified atom stereocenters. The van der Waals surface area contributed by atoms with Crippen LogP contribution in [0.15, 0.2) is 15.5 Å². The standard InChI is InChI=1S/C13H19BrN4O3/c1-8-6-17(4-3-9(8)15)10-5-16-18(7-11(19)21-2)13(20)12(10)14/h5,8-9H,3-4,6-7,15H2,1-2H3. The van der Waals surface area contributed by atoms with E-state index in [1.54, 1.807) is 6.20 Å².